The minimum absolute atomic E-state index is 0.00775. The van der Waals surface area contributed by atoms with Gasteiger partial charge < -0.3 is 20.1 Å². The maximum Gasteiger partial charge on any atom is 0.0755 e. The SMILES string of the molecule is CC(C)(C)NCc1ccc(N2CCOCC2CO)cc1Cl. The molecule has 1 aliphatic heterocycles. The van der Waals surface area contributed by atoms with E-state index >= 15 is 0 Å². The van der Waals surface area contributed by atoms with Crippen molar-refractivity contribution in [3.63, 3.8) is 0 Å². The number of ether oxygens (including phenoxy) is 1. The van der Waals surface area contributed by atoms with Gasteiger partial charge in [0, 0.05) is 29.3 Å². The summed E-state index contributed by atoms with van der Waals surface area (Å²) in [5, 5.41) is 13.7. The van der Waals surface area contributed by atoms with E-state index in [1.807, 2.05) is 6.07 Å². The molecule has 1 aromatic rings. The molecule has 4 nitrogen and oxygen atoms in total. The van der Waals surface area contributed by atoms with E-state index in [-0.39, 0.29) is 18.2 Å². The van der Waals surface area contributed by atoms with Gasteiger partial charge in [0.05, 0.1) is 25.9 Å². The van der Waals surface area contributed by atoms with Crippen LogP contribution in [0, 0.1) is 0 Å². The summed E-state index contributed by atoms with van der Waals surface area (Å²) in [6.07, 6.45) is 0. The average molecular weight is 313 g/mol. The third-order valence-electron chi connectivity index (χ3n) is 3.62. The molecule has 0 spiro atoms. The van der Waals surface area contributed by atoms with E-state index in [1.54, 1.807) is 0 Å². The number of rotatable bonds is 4. The Morgan fingerprint density at radius 1 is 1.43 bits per heavy atom. The molecule has 118 valence electrons. The van der Waals surface area contributed by atoms with Crippen LogP contribution in [-0.4, -0.2) is 43.1 Å². The first-order chi connectivity index (χ1) is 9.90. The van der Waals surface area contributed by atoms with Crippen LogP contribution in [0.1, 0.15) is 26.3 Å². The molecule has 0 aliphatic carbocycles. The lowest BCUT2D eigenvalue weighted by atomic mass is 10.1. The van der Waals surface area contributed by atoms with E-state index in [2.05, 4.69) is 43.1 Å². The molecule has 0 amide bonds. The number of halogens is 1. The Hall–Kier alpha value is -0.810. The second-order valence-corrected chi connectivity index (χ2v) is 6.89. The number of morpholine rings is 1. The second-order valence-electron chi connectivity index (χ2n) is 6.48. The van der Waals surface area contributed by atoms with Crippen molar-refractivity contribution in [2.45, 2.75) is 38.9 Å². The van der Waals surface area contributed by atoms with Crippen LogP contribution in [0.5, 0.6) is 0 Å². The third-order valence-corrected chi connectivity index (χ3v) is 3.97. The Kier molecular flexibility index (Phi) is 5.49. The van der Waals surface area contributed by atoms with Gasteiger partial charge in [-0.15, -0.1) is 0 Å². The topological polar surface area (TPSA) is 44.7 Å². The Balaban J connectivity index is 2.10. The zero-order valence-corrected chi connectivity index (χ0v) is 13.8. The Morgan fingerprint density at radius 3 is 2.81 bits per heavy atom. The van der Waals surface area contributed by atoms with Crippen molar-refractivity contribution in [3.05, 3.63) is 28.8 Å². The van der Waals surface area contributed by atoms with E-state index in [4.69, 9.17) is 16.3 Å². The highest BCUT2D eigenvalue weighted by Gasteiger charge is 2.23. The molecule has 1 aromatic carbocycles. The molecule has 2 N–H and O–H groups in total. The van der Waals surface area contributed by atoms with Gasteiger partial charge in [0.15, 0.2) is 0 Å². The van der Waals surface area contributed by atoms with Crippen molar-refractivity contribution in [2.75, 3.05) is 31.3 Å². The molecule has 1 unspecified atom stereocenters. The molecule has 0 aromatic heterocycles. The first-order valence-electron chi connectivity index (χ1n) is 7.39. The molecule has 1 fully saturated rings. The van der Waals surface area contributed by atoms with Gasteiger partial charge in [-0.2, -0.15) is 0 Å². The maximum absolute atomic E-state index is 9.46. The van der Waals surface area contributed by atoms with E-state index in [0.717, 1.165) is 29.4 Å². The van der Waals surface area contributed by atoms with Crippen LogP contribution >= 0.6 is 11.6 Å². The lowest BCUT2D eigenvalue weighted by Gasteiger charge is -2.36. The van der Waals surface area contributed by atoms with Crippen molar-refractivity contribution >= 4 is 17.3 Å². The van der Waals surface area contributed by atoms with Crippen molar-refractivity contribution in [3.8, 4) is 0 Å². The van der Waals surface area contributed by atoms with Crippen LogP contribution < -0.4 is 10.2 Å². The van der Waals surface area contributed by atoms with E-state index in [1.165, 1.54) is 0 Å². The van der Waals surface area contributed by atoms with E-state index < -0.39 is 0 Å². The van der Waals surface area contributed by atoms with Crippen molar-refractivity contribution in [2.24, 2.45) is 0 Å². The smallest absolute Gasteiger partial charge is 0.0755 e. The predicted octanol–water partition coefficient (Wildman–Crippen LogP) is 2.43. The van der Waals surface area contributed by atoms with Crippen molar-refractivity contribution in [1.29, 1.82) is 0 Å². The Labute approximate surface area is 132 Å². The molecule has 21 heavy (non-hydrogen) atoms. The van der Waals surface area contributed by atoms with Gasteiger partial charge in [-0.3, -0.25) is 0 Å². The minimum atomic E-state index is 0.00775. The summed E-state index contributed by atoms with van der Waals surface area (Å²) in [7, 11) is 0. The summed E-state index contributed by atoms with van der Waals surface area (Å²) in [6, 6.07) is 6.11. The number of hydrogen-bond donors (Lipinski definition) is 2. The molecule has 5 heteroatoms. The quantitative estimate of drug-likeness (QED) is 0.896. The summed E-state index contributed by atoms with van der Waals surface area (Å²) in [4.78, 5) is 2.16. The van der Waals surface area contributed by atoms with Crippen LogP contribution in [0.2, 0.25) is 5.02 Å². The minimum Gasteiger partial charge on any atom is -0.394 e. The number of aliphatic hydroxyl groups excluding tert-OH is 1. The first kappa shape index (κ1) is 16.6. The first-order valence-corrected chi connectivity index (χ1v) is 7.77. The van der Waals surface area contributed by atoms with Gasteiger partial charge in [0.1, 0.15) is 0 Å². The van der Waals surface area contributed by atoms with Gasteiger partial charge in [0.25, 0.3) is 0 Å². The number of nitrogens with zero attached hydrogens (tertiary/aromatic N) is 1. The van der Waals surface area contributed by atoms with Crippen LogP contribution in [0.3, 0.4) is 0 Å². The van der Waals surface area contributed by atoms with Crippen molar-refractivity contribution < 1.29 is 9.84 Å². The van der Waals surface area contributed by atoms with Crippen LogP contribution in [0.4, 0.5) is 5.69 Å². The van der Waals surface area contributed by atoms with E-state index in [9.17, 15) is 5.11 Å². The normalized spacial score (nSPS) is 19.9. The van der Waals surface area contributed by atoms with Crippen LogP contribution in [0.25, 0.3) is 0 Å². The number of nitrogens with one attached hydrogen (secondary N) is 1. The standard InChI is InChI=1S/C16H25ClN2O2/c1-16(2,3)18-9-12-4-5-13(8-15(12)17)19-6-7-21-11-14(19)10-20/h4-5,8,14,18,20H,6-7,9-11H2,1-3H3. The summed E-state index contributed by atoms with van der Waals surface area (Å²) < 4.78 is 5.41. The summed E-state index contributed by atoms with van der Waals surface area (Å²) in [5.41, 5.74) is 2.19. The highest BCUT2D eigenvalue weighted by molar-refractivity contribution is 6.31. The number of hydrogen-bond acceptors (Lipinski definition) is 4. The van der Waals surface area contributed by atoms with Gasteiger partial charge in [-0.25, -0.2) is 0 Å². The highest BCUT2D eigenvalue weighted by atomic mass is 35.5. The second kappa shape index (κ2) is 6.97. The van der Waals surface area contributed by atoms with Gasteiger partial charge in [-0.1, -0.05) is 17.7 Å². The lowest BCUT2D eigenvalue weighted by molar-refractivity contribution is 0.0727. The zero-order valence-electron chi connectivity index (χ0n) is 13.0. The highest BCUT2D eigenvalue weighted by Crippen LogP contribution is 2.26. The largest absolute Gasteiger partial charge is 0.394 e. The summed E-state index contributed by atoms with van der Waals surface area (Å²) in [5.74, 6) is 0. The molecular weight excluding hydrogens is 288 g/mol. The fourth-order valence-corrected chi connectivity index (χ4v) is 2.61. The molecule has 1 atom stereocenters. The van der Waals surface area contributed by atoms with Crippen molar-refractivity contribution in [1.82, 2.24) is 5.32 Å². The fourth-order valence-electron chi connectivity index (χ4n) is 2.36. The molecule has 0 bridgehead atoms. The summed E-state index contributed by atoms with van der Waals surface area (Å²) >= 11 is 6.41. The van der Waals surface area contributed by atoms with Crippen LogP contribution in [-0.2, 0) is 11.3 Å². The van der Waals surface area contributed by atoms with Gasteiger partial charge in [0.2, 0.25) is 0 Å². The zero-order chi connectivity index (χ0) is 15.5. The molecule has 1 heterocycles. The number of benzene rings is 1. The maximum atomic E-state index is 9.46. The average Bonchev–Trinajstić information content (AvgIpc) is 2.45. The molecular formula is C16H25ClN2O2. The molecule has 1 aliphatic rings. The monoisotopic (exact) mass is 312 g/mol. The molecule has 0 radical (unpaired) electrons. The molecule has 1 saturated heterocycles. The van der Waals surface area contributed by atoms with E-state index in [0.29, 0.717) is 13.2 Å². The third kappa shape index (κ3) is 4.58. The van der Waals surface area contributed by atoms with Crippen LogP contribution in [0.15, 0.2) is 18.2 Å². The van der Waals surface area contributed by atoms with Gasteiger partial charge in [-0.05, 0) is 38.5 Å². The lowest BCUT2D eigenvalue weighted by Crippen LogP contribution is -2.47. The summed E-state index contributed by atoms with van der Waals surface area (Å²) in [6.45, 7) is 9.25. The molecule has 0 saturated carbocycles. The number of aliphatic hydroxyl groups is 1. The van der Waals surface area contributed by atoms with Gasteiger partial charge >= 0.3 is 0 Å². The predicted molar refractivity (Wildman–Crippen MR) is 87.1 cm³/mol. The molecule has 2 rings (SSSR count). The Bertz CT molecular complexity index is 474. The number of anilines is 1. The fraction of sp³-hybridized carbons (Fsp3) is 0.625. The Morgan fingerprint density at radius 2 is 2.19 bits per heavy atom.